The number of thioether (sulfide) groups is 1. The third kappa shape index (κ3) is 3.65. The Morgan fingerprint density at radius 2 is 1.89 bits per heavy atom. The predicted molar refractivity (Wildman–Crippen MR) is 107 cm³/mol. The Hall–Kier alpha value is -2.51. The second-order valence-electron chi connectivity index (χ2n) is 5.91. The average Bonchev–Trinajstić information content (AvgIpc) is 3.29. The summed E-state index contributed by atoms with van der Waals surface area (Å²) in [5, 5.41) is 10.3. The first-order valence-corrected chi connectivity index (χ1v) is 9.88. The maximum absolute atomic E-state index is 6.04. The summed E-state index contributed by atoms with van der Waals surface area (Å²) in [6.07, 6.45) is 3.85. The van der Waals surface area contributed by atoms with Crippen LogP contribution in [0.3, 0.4) is 0 Å². The molecule has 0 spiro atoms. The summed E-state index contributed by atoms with van der Waals surface area (Å²) in [5.74, 6) is 2.38. The normalized spacial score (nSPS) is 11.2. The highest BCUT2D eigenvalue weighted by Crippen LogP contribution is 2.27. The maximum Gasteiger partial charge on any atom is 0.191 e. The van der Waals surface area contributed by atoms with Crippen LogP contribution in [0.4, 0.5) is 0 Å². The summed E-state index contributed by atoms with van der Waals surface area (Å²) < 4.78 is 9.27. The van der Waals surface area contributed by atoms with Gasteiger partial charge in [-0.15, -0.1) is 10.2 Å². The lowest BCUT2D eigenvalue weighted by Crippen LogP contribution is -2.00. The summed E-state index contributed by atoms with van der Waals surface area (Å²) in [6.45, 7) is 2.88. The van der Waals surface area contributed by atoms with E-state index in [-0.39, 0.29) is 0 Å². The molecule has 4 rings (SSSR count). The lowest BCUT2D eigenvalue weighted by Gasteiger charge is -2.07. The van der Waals surface area contributed by atoms with Crippen molar-refractivity contribution >= 4 is 29.0 Å². The zero-order valence-electron chi connectivity index (χ0n) is 15.0. The molecule has 0 aliphatic heterocycles. The van der Waals surface area contributed by atoms with Gasteiger partial charge in [0.15, 0.2) is 11.0 Å². The van der Waals surface area contributed by atoms with Crippen LogP contribution in [0.25, 0.3) is 17.0 Å². The molecule has 0 saturated heterocycles. The molecule has 0 aliphatic rings. The lowest BCUT2D eigenvalue weighted by atomic mass is 10.2. The van der Waals surface area contributed by atoms with Crippen molar-refractivity contribution in [2.45, 2.75) is 24.4 Å². The van der Waals surface area contributed by atoms with Crippen LogP contribution in [-0.2, 0) is 12.3 Å². The van der Waals surface area contributed by atoms with Gasteiger partial charge in [-0.2, -0.15) is 0 Å². The summed E-state index contributed by atoms with van der Waals surface area (Å²) >= 11 is 7.66. The fourth-order valence-electron chi connectivity index (χ4n) is 2.86. The van der Waals surface area contributed by atoms with E-state index in [0.29, 0.717) is 10.8 Å². The molecule has 0 amide bonds. The number of imidazole rings is 1. The number of hydrogen-bond acceptors (Lipinski definition) is 5. The quantitative estimate of drug-likeness (QED) is 0.444. The van der Waals surface area contributed by atoms with Gasteiger partial charge in [-0.1, -0.05) is 23.4 Å². The largest absolute Gasteiger partial charge is 0.497 e. The van der Waals surface area contributed by atoms with Gasteiger partial charge in [-0.25, -0.2) is 4.98 Å². The van der Waals surface area contributed by atoms with Crippen molar-refractivity contribution < 1.29 is 4.74 Å². The molecule has 0 bridgehead atoms. The molecule has 8 heteroatoms. The van der Waals surface area contributed by atoms with E-state index < -0.39 is 0 Å². The number of halogens is 1. The number of fused-ring (bicyclic) bond motifs is 1. The highest BCUT2D eigenvalue weighted by molar-refractivity contribution is 7.98. The van der Waals surface area contributed by atoms with Gasteiger partial charge in [0.1, 0.15) is 11.4 Å². The van der Waals surface area contributed by atoms with Gasteiger partial charge in [0.25, 0.3) is 0 Å². The topological polar surface area (TPSA) is 57.2 Å². The van der Waals surface area contributed by atoms with Gasteiger partial charge in [0.2, 0.25) is 0 Å². The Kier molecular flexibility index (Phi) is 5.05. The molecule has 0 atom stereocenters. The lowest BCUT2D eigenvalue weighted by molar-refractivity contribution is 0.415. The Labute approximate surface area is 166 Å². The van der Waals surface area contributed by atoms with Crippen LogP contribution in [0.5, 0.6) is 5.75 Å². The minimum absolute atomic E-state index is 0.689. The molecule has 4 aromatic rings. The molecule has 0 saturated carbocycles. The van der Waals surface area contributed by atoms with Crippen LogP contribution in [0, 0.1) is 0 Å². The van der Waals surface area contributed by atoms with Crippen LogP contribution in [0.1, 0.15) is 12.6 Å². The molecule has 1 aromatic carbocycles. The van der Waals surface area contributed by atoms with E-state index in [0.717, 1.165) is 40.2 Å². The molecule has 0 unspecified atom stereocenters. The van der Waals surface area contributed by atoms with Crippen LogP contribution >= 0.6 is 23.4 Å². The number of hydrogen-bond donors (Lipinski definition) is 0. The zero-order valence-corrected chi connectivity index (χ0v) is 16.5. The number of pyridine rings is 1. The first-order valence-electron chi connectivity index (χ1n) is 8.51. The van der Waals surface area contributed by atoms with Gasteiger partial charge in [-0.3, -0.25) is 0 Å². The first-order chi connectivity index (χ1) is 13.2. The number of nitrogens with zero attached hydrogens (tertiary/aromatic N) is 5. The first kappa shape index (κ1) is 17.9. The molecule has 3 aromatic heterocycles. The van der Waals surface area contributed by atoms with Gasteiger partial charge >= 0.3 is 0 Å². The summed E-state index contributed by atoms with van der Waals surface area (Å²) in [4.78, 5) is 4.62. The van der Waals surface area contributed by atoms with E-state index in [4.69, 9.17) is 16.3 Å². The van der Waals surface area contributed by atoms with Gasteiger partial charge in [0.05, 0.1) is 17.8 Å². The fraction of sp³-hybridized carbons (Fsp3) is 0.211. The number of ether oxygens (including phenoxy) is 1. The number of benzene rings is 1. The van der Waals surface area contributed by atoms with Crippen LogP contribution < -0.4 is 4.74 Å². The van der Waals surface area contributed by atoms with E-state index in [1.807, 2.05) is 53.2 Å². The smallest absolute Gasteiger partial charge is 0.191 e. The SMILES string of the molecule is CCn1c(SCc2cn3cc(Cl)ccc3n2)nnc1-c1ccc(OC)cc1. The van der Waals surface area contributed by atoms with Crippen molar-refractivity contribution in [2.75, 3.05) is 7.11 Å². The van der Waals surface area contributed by atoms with Gasteiger partial charge in [0, 0.05) is 30.3 Å². The van der Waals surface area contributed by atoms with E-state index >= 15 is 0 Å². The second kappa shape index (κ2) is 7.62. The van der Waals surface area contributed by atoms with E-state index in [2.05, 4.69) is 26.7 Å². The van der Waals surface area contributed by atoms with Crippen molar-refractivity contribution in [2.24, 2.45) is 0 Å². The molecule has 27 heavy (non-hydrogen) atoms. The van der Waals surface area contributed by atoms with Crippen molar-refractivity contribution in [1.82, 2.24) is 24.1 Å². The monoisotopic (exact) mass is 399 g/mol. The van der Waals surface area contributed by atoms with Gasteiger partial charge in [-0.05, 0) is 43.3 Å². The highest BCUT2D eigenvalue weighted by Gasteiger charge is 2.14. The Balaban J connectivity index is 1.55. The van der Waals surface area contributed by atoms with Crippen LogP contribution in [0.15, 0.2) is 53.9 Å². The fourth-order valence-corrected chi connectivity index (χ4v) is 3.91. The van der Waals surface area contributed by atoms with Crippen molar-refractivity contribution in [1.29, 1.82) is 0 Å². The molecule has 0 N–H and O–H groups in total. The Morgan fingerprint density at radius 3 is 2.63 bits per heavy atom. The minimum atomic E-state index is 0.689. The molecular formula is C19H18ClN5OS. The van der Waals surface area contributed by atoms with E-state index in [1.54, 1.807) is 18.9 Å². The molecule has 3 heterocycles. The molecule has 0 fully saturated rings. The van der Waals surface area contributed by atoms with Crippen LogP contribution in [0.2, 0.25) is 5.02 Å². The van der Waals surface area contributed by atoms with Crippen molar-refractivity contribution in [3.05, 3.63) is 59.5 Å². The summed E-state index contributed by atoms with van der Waals surface area (Å²) in [6, 6.07) is 11.6. The van der Waals surface area contributed by atoms with Crippen molar-refractivity contribution in [3.63, 3.8) is 0 Å². The third-order valence-corrected chi connectivity index (χ3v) is 5.42. The van der Waals surface area contributed by atoms with E-state index in [9.17, 15) is 0 Å². The van der Waals surface area contributed by atoms with Crippen LogP contribution in [-0.4, -0.2) is 31.3 Å². The third-order valence-electron chi connectivity index (χ3n) is 4.20. The minimum Gasteiger partial charge on any atom is -0.497 e. The van der Waals surface area contributed by atoms with E-state index in [1.165, 1.54) is 0 Å². The Bertz CT molecular complexity index is 1070. The molecule has 0 radical (unpaired) electrons. The maximum atomic E-state index is 6.04. The summed E-state index contributed by atoms with van der Waals surface area (Å²) in [7, 11) is 1.66. The number of aromatic nitrogens is 5. The molecule has 0 aliphatic carbocycles. The Morgan fingerprint density at radius 1 is 1.07 bits per heavy atom. The molecule has 6 nitrogen and oxygen atoms in total. The molecule has 138 valence electrons. The van der Waals surface area contributed by atoms with Crippen molar-refractivity contribution in [3.8, 4) is 17.1 Å². The summed E-state index contributed by atoms with van der Waals surface area (Å²) in [5.41, 5.74) is 2.86. The number of methoxy groups -OCH3 is 1. The highest BCUT2D eigenvalue weighted by atomic mass is 35.5. The zero-order chi connectivity index (χ0) is 18.8. The average molecular weight is 400 g/mol. The molecular weight excluding hydrogens is 382 g/mol. The van der Waals surface area contributed by atoms with Gasteiger partial charge < -0.3 is 13.7 Å². The number of rotatable bonds is 6. The predicted octanol–water partition coefficient (Wildman–Crippen LogP) is 4.57. The standard InChI is InChI=1S/C19H18ClN5OS/c1-3-25-18(13-4-7-16(26-2)8-5-13)22-23-19(25)27-12-15-11-24-10-14(20)6-9-17(24)21-15/h4-11H,3,12H2,1-2H3. The second-order valence-corrected chi connectivity index (χ2v) is 7.29.